The average Bonchev–Trinajstić information content (AvgIpc) is 2.69. The zero-order chi connectivity index (χ0) is 20.5. The van der Waals surface area contributed by atoms with Gasteiger partial charge in [0.25, 0.3) is 0 Å². The Balaban J connectivity index is 2.24. The summed E-state index contributed by atoms with van der Waals surface area (Å²) in [5.74, 6) is 0.345. The summed E-state index contributed by atoms with van der Waals surface area (Å²) in [7, 11) is 7.20. The van der Waals surface area contributed by atoms with E-state index >= 15 is 0 Å². The van der Waals surface area contributed by atoms with Gasteiger partial charge in [0.2, 0.25) is 0 Å². The van der Waals surface area contributed by atoms with Crippen molar-refractivity contribution in [2.24, 2.45) is 0 Å². The number of carbonyl (C=O) groups is 1. The fourth-order valence-corrected chi connectivity index (χ4v) is 3.01. The molecule has 0 radical (unpaired) electrons. The SMILES string of the molecule is COc1ccc(C(Cc2cccc(OC)c2OCCCN(C)C)C(=O)O)cc1. The van der Waals surface area contributed by atoms with Crippen LogP contribution in [0.4, 0.5) is 0 Å². The third-order valence-electron chi connectivity index (χ3n) is 4.52. The van der Waals surface area contributed by atoms with Gasteiger partial charge in [-0.1, -0.05) is 24.3 Å². The minimum absolute atomic E-state index is 0.307. The number of nitrogens with zero attached hydrogens (tertiary/aromatic N) is 1. The topological polar surface area (TPSA) is 68.2 Å². The van der Waals surface area contributed by atoms with Crippen molar-refractivity contribution >= 4 is 5.97 Å². The summed E-state index contributed by atoms with van der Waals surface area (Å²) in [4.78, 5) is 14.0. The Bertz CT molecular complexity index is 758. The average molecular weight is 387 g/mol. The number of rotatable bonds is 11. The molecule has 1 unspecified atom stereocenters. The summed E-state index contributed by atoms with van der Waals surface area (Å²) < 4.78 is 16.6. The maximum atomic E-state index is 12.0. The molecule has 0 fully saturated rings. The molecular formula is C22H29NO5. The van der Waals surface area contributed by atoms with Crippen LogP contribution in [-0.2, 0) is 11.2 Å². The second-order valence-electron chi connectivity index (χ2n) is 6.82. The van der Waals surface area contributed by atoms with E-state index in [2.05, 4.69) is 4.90 Å². The van der Waals surface area contributed by atoms with Gasteiger partial charge in [0.1, 0.15) is 5.75 Å². The summed E-state index contributed by atoms with van der Waals surface area (Å²) in [6.45, 7) is 1.44. The molecule has 152 valence electrons. The van der Waals surface area contributed by atoms with Crippen molar-refractivity contribution < 1.29 is 24.1 Å². The van der Waals surface area contributed by atoms with Crippen LogP contribution in [0, 0.1) is 0 Å². The van der Waals surface area contributed by atoms with E-state index in [-0.39, 0.29) is 0 Å². The number of ether oxygens (including phenoxy) is 3. The molecule has 0 bridgehead atoms. The van der Waals surface area contributed by atoms with Gasteiger partial charge in [-0.3, -0.25) is 4.79 Å². The Hall–Kier alpha value is -2.73. The fraction of sp³-hybridized carbons (Fsp3) is 0.409. The van der Waals surface area contributed by atoms with Crippen LogP contribution in [0.15, 0.2) is 42.5 Å². The van der Waals surface area contributed by atoms with Crippen LogP contribution < -0.4 is 14.2 Å². The lowest BCUT2D eigenvalue weighted by Gasteiger charge is -2.19. The molecule has 0 aliphatic rings. The predicted octanol–water partition coefficient (Wildman–Crippen LogP) is 3.45. The molecule has 0 aliphatic carbocycles. The van der Waals surface area contributed by atoms with Crippen LogP contribution in [0.3, 0.4) is 0 Å². The highest BCUT2D eigenvalue weighted by Crippen LogP contribution is 2.35. The molecule has 28 heavy (non-hydrogen) atoms. The molecule has 0 saturated heterocycles. The van der Waals surface area contributed by atoms with E-state index in [1.54, 1.807) is 38.5 Å². The standard InChI is InChI=1S/C22H29NO5/c1-23(2)13-6-14-28-21-17(7-5-8-20(21)27-4)15-19(22(24)25)16-9-11-18(26-3)12-10-16/h5,7-12,19H,6,13-15H2,1-4H3,(H,24,25). The molecule has 0 heterocycles. The van der Waals surface area contributed by atoms with E-state index in [1.165, 1.54) is 0 Å². The summed E-state index contributed by atoms with van der Waals surface area (Å²) in [5.41, 5.74) is 1.53. The van der Waals surface area contributed by atoms with Crippen LogP contribution in [0.1, 0.15) is 23.5 Å². The Labute approximate surface area is 166 Å². The number of hydrogen-bond acceptors (Lipinski definition) is 5. The Morgan fingerprint density at radius 3 is 2.36 bits per heavy atom. The van der Waals surface area contributed by atoms with Gasteiger partial charge in [0.05, 0.1) is 26.7 Å². The number of para-hydroxylation sites is 1. The summed E-state index contributed by atoms with van der Waals surface area (Å²) in [6, 6.07) is 12.7. The van der Waals surface area contributed by atoms with E-state index in [1.807, 2.05) is 32.3 Å². The van der Waals surface area contributed by atoms with Crippen molar-refractivity contribution in [1.29, 1.82) is 0 Å². The zero-order valence-corrected chi connectivity index (χ0v) is 17.0. The van der Waals surface area contributed by atoms with Crippen LogP contribution in [0.5, 0.6) is 17.2 Å². The van der Waals surface area contributed by atoms with Gasteiger partial charge in [-0.15, -0.1) is 0 Å². The van der Waals surface area contributed by atoms with E-state index in [9.17, 15) is 9.90 Å². The second kappa shape index (κ2) is 10.6. The van der Waals surface area contributed by atoms with Crippen molar-refractivity contribution in [3.63, 3.8) is 0 Å². The maximum absolute atomic E-state index is 12.0. The van der Waals surface area contributed by atoms with Crippen molar-refractivity contribution in [1.82, 2.24) is 4.90 Å². The first-order valence-electron chi connectivity index (χ1n) is 9.26. The number of aliphatic carboxylic acids is 1. The van der Waals surface area contributed by atoms with Gasteiger partial charge >= 0.3 is 5.97 Å². The largest absolute Gasteiger partial charge is 0.497 e. The van der Waals surface area contributed by atoms with Crippen LogP contribution in [-0.4, -0.2) is 57.4 Å². The summed E-state index contributed by atoms with van der Waals surface area (Å²) in [5, 5.41) is 9.80. The third kappa shape index (κ3) is 5.89. The van der Waals surface area contributed by atoms with E-state index < -0.39 is 11.9 Å². The van der Waals surface area contributed by atoms with Crippen molar-refractivity contribution in [2.45, 2.75) is 18.8 Å². The molecule has 1 atom stereocenters. The third-order valence-corrected chi connectivity index (χ3v) is 4.52. The van der Waals surface area contributed by atoms with Crippen molar-refractivity contribution in [2.75, 3.05) is 41.5 Å². The van der Waals surface area contributed by atoms with Gasteiger partial charge in [-0.2, -0.15) is 0 Å². The highest BCUT2D eigenvalue weighted by molar-refractivity contribution is 5.77. The molecule has 2 aromatic carbocycles. The Morgan fingerprint density at radius 2 is 1.79 bits per heavy atom. The molecule has 0 aliphatic heterocycles. The highest BCUT2D eigenvalue weighted by atomic mass is 16.5. The maximum Gasteiger partial charge on any atom is 0.311 e. The molecule has 1 N–H and O–H groups in total. The summed E-state index contributed by atoms with van der Waals surface area (Å²) in [6.07, 6.45) is 1.17. The van der Waals surface area contributed by atoms with E-state index in [4.69, 9.17) is 14.2 Å². The molecule has 0 aromatic heterocycles. The number of hydrogen-bond donors (Lipinski definition) is 1. The molecule has 2 aromatic rings. The normalized spacial score (nSPS) is 11.9. The van der Waals surface area contributed by atoms with Crippen LogP contribution >= 0.6 is 0 Å². The minimum atomic E-state index is -0.883. The van der Waals surface area contributed by atoms with Gasteiger partial charge in [-0.25, -0.2) is 0 Å². The Morgan fingerprint density at radius 1 is 1.07 bits per heavy atom. The van der Waals surface area contributed by atoms with Crippen LogP contribution in [0.25, 0.3) is 0 Å². The van der Waals surface area contributed by atoms with Crippen molar-refractivity contribution in [3.8, 4) is 17.2 Å². The van der Waals surface area contributed by atoms with Crippen LogP contribution in [0.2, 0.25) is 0 Å². The number of methoxy groups -OCH3 is 2. The number of benzene rings is 2. The van der Waals surface area contributed by atoms with Gasteiger partial charge < -0.3 is 24.2 Å². The lowest BCUT2D eigenvalue weighted by molar-refractivity contribution is -0.138. The fourth-order valence-electron chi connectivity index (χ4n) is 3.01. The predicted molar refractivity (Wildman–Crippen MR) is 109 cm³/mol. The zero-order valence-electron chi connectivity index (χ0n) is 17.0. The van der Waals surface area contributed by atoms with E-state index in [0.717, 1.165) is 24.1 Å². The van der Waals surface area contributed by atoms with E-state index in [0.29, 0.717) is 30.3 Å². The molecule has 6 nitrogen and oxygen atoms in total. The Kier molecular flexibility index (Phi) is 8.14. The molecule has 0 spiro atoms. The van der Waals surface area contributed by atoms with Gasteiger partial charge in [0.15, 0.2) is 11.5 Å². The van der Waals surface area contributed by atoms with Gasteiger partial charge in [-0.05, 0) is 56.3 Å². The molecule has 0 amide bonds. The first kappa shape index (κ1) is 21.6. The van der Waals surface area contributed by atoms with Crippen molar-refractivity contribution in [3.05, 3.63) is 53.6 Å². The lowest BCUT2D eigenvalue weighted by Crippen LogP contribution is -2.17. The first-order valence-corrected chi connectivity index (χ1v) is 9.26. The molecule has 2 rings (SSSR count). The monoisotopic (exact) mass is 387 g/mol. The highest BCUT2D eigenvalue weighted by Gasteiger charge is 2.23. The number of carboxylic acids is 1. The number of carboxylic acid groups (broad SMARTS) is 1. The summed E-state index contributed by atoms with van der Waals surface area (Å²) >= 11 is 0. The molecule has 0 saturated carbocycles. The van der Waals surface area contributed by atoms with Gasteiger partial charge in [0, 0.05) is 6.54 Å². The minimum Gasteiger partial charge on any atom is -0.497 e. The second-order valence-corrected chi connectivity index (χ2v) is 6.82. The molecular weight excluding hydrogens is 358 g/mol. The lowest BCUT2D eigenvalue weighted by atomic mass is 9.91. The smallest absolute Gasteiger partial charge is 0.311 e. The molecule has 6 heteroatoms. The first-order chi connectivity index (χ1) is 13.5. The quantitative estimate of drug-likeness (QED) is 0.596.